The lowest BCUT2D eigenvalue weighted by Crippen LogP contribution is -1.99. The van der Waals surface area contributed by atoms with Gasteiger partial charge in [0.2, 0.25) is 0 Å². The van der Waals surface area contributed by atoms with E-state index in [2.05, 4.69) is 52.2 Å². The third kappa shape index (κ3) is 3.63. The second-order valence-corrected chi connectivity index (χ2v) is 4.95. The SMILES string of the molecule is COc1ccc(NCc2ccc(I)cc2)cc1. The molecule has 0 heterocycles. The fourth-order valence-electron chi connectivity index (χ4n) is 1.52. The number of rotatable bonds is 4. The smallest absolute Gasteiger partial charge is 0.119 e. The number of anilines is 1. The van der Waals surface area contributed by atoms with Crippen LogP contribution in [-0.2, 0) is 6.54 Å². The lowest BCUT2D eigenvalue weighted by Gasteiger charge is -2.07. The third-order valence-corrected chi connectivity index (χ3v) is 3.22. The number of methoxy groups -OCH3 is 1. The molecular weight excluding hydrogens is 325 g/mol. The molecule has 17 heavy (non-hydrogen) atoms. The van der Waals surface area contributed by atoms with E-state index in [4.69, 9.17) is 4.74 Å². The molecule has 1 N–H and O–H groups in total. The first-order valence-corrected chi connectivity index (χ1v) is 6.48. The second kappa shape index (κ2) is 5.91. The number of hydrogen-bond donors (Lipinski definition) is 1. The van der Waals surface area contributed by atoms with Crippen LogP contribution in [0.3, 0.4) is 0 Å². The highest BCUT2D eigenvalue weighted by molar-refractivity contribution is 14.1. The fraction of sp³-hybridized carbons (Fsp3) is 0.143. The van der Waals surface area contributed by atoms with Gasteiger partial charge in [-0.3, -0.25) is 0 Å². The number of hydrogen-bond acceptors (Lipinski definition) is 2. The molecule has 0 fully saturated rings. The van der Waals surface area contributed by atoms with Crippen LogP contribution in [-0.4, -0.2) is 7.11 Å². The minimum absolute atomic E-state index is 0.837. The van der Waals surface area contributed by atoms with Crippen LogP contribution in [0.25, 0.3) is 0 Å². The van der Waals surface area contributed by atoms with Crippen molar-refractivity contribution in [1.29, 1.82) is 0 Å². The molecule has 0 saturated carbocycles. The molecule has 3 heteroatoms. The lowest BCUT2D eigenvalue weighted by molar-refractivity contribution is 0.415. The fourth-order valence-corrected chi connectivity index (χ4v) is 1.87. The molecule has 0 spiro atoms. The van der Waals surface area contributed by atoms with Crippen molar-refractivity contribution in [2.45, 2.75) is 6.54 Å². The van der Waals surface area contributed by atoms with E-state index in [9.17, 15) is 0 Å². The maximum atomic E-state index is 5.12. The molecule has 0 aliphatic rings. The topological polar surface area (TPSA) is 21.3 Å². The quantitative estimate of drug-likeness (QED) is 0.853. The van der Waals surface area contributed by atoms with Gasteiger partial charge in [-0.25, -0.2) is 0 Å². The number of ether oxygens (including phenoxy) is 1. The van der Waals surface area contributed by atoms with Gasteiger partial charge in [-0.05, 0) is 64.6 Å². The van der Waals surface area contributed by atoms with Gasteiger partial charge in [-0.1, -0.05) is 12.1 Å². The van der Waals surface area contributed by atoms with E-state index >= 15 is 0 Å². The Morgan fingerprint density at radius 3 is 2.24 bits per heavy atom. The Labute approximate surface area is 115 Å². The van der Waals surface area contributed by atoms with Gasteiger partial charge in [0, 0.05) is 15.8 Å². The summed E-state index contributed by atoms with van der Waals surface area (Å²) in [5.74, 6) is 0.879. The summed E-state index contributed by atoms with van der Waals surface area (Å²) in [6.07, 6.45) is 0. The highest BCUT2D eigenvalue weighted by Gasteiger charge is 1.95. The largest absolute Gasteiger partial charge is 0.497 e. The van der Waals surface area contributed by atoms with Crippen molar-refractivity contribution >= 4 is 28.3 Å². The highest BCUT2D eigenvalue weighted by Crippen LogP contribution is 2.16. The summed E-state index contributed by atoms with van der Waals surface area (Å²) in [5.41, 5.74) is 2.38. The zero-order valence-corrected chi connectivity index (χ0v) is 11.8. The van der Waals surface area contributed by atoms with Crippen molar-refractivity contribution in [2.75, 3.05) is 12.4 Å². The normalized spacial score (nSPS) is 10.0. The Hall–Kier alpha value is -1.23. The van der Waals surface area contributed by atoms with Gasteiger partial charge in [-0.15, -0.1) is 0 Å². The maximum Gasteiger partial charge on any atom is 0.119 e. The molecule has 0 aliphatic heterocycles. The van der Waals surface area contributed by atoms with Gasteiger partial charge in [0.25, 0.3) is 0 Å². The Morgan fingerprint density at radius 1 is 1.00 bits per heavy atom. The molecular formula is C14H14INO. The van der Waals surface area contributed by atoms with Crippen molar-refractivity contribution < 1.29 is 4.74 Å². The second-order valence-electron chi connectivity index (χ2n) is 3.71. The van der Waals surface area contributed by atoms with Crippen LogP contribution in [0.1, 0.15) is 5.56 Å². The molecule has 0 amide bonds. The molecule has 2 rings (SSSR count). The highest BCUT2D eigenvalue weighted by atomic mass is 127. The summed E-state index contributed by atoms with van der Waals surface area (Å²) in [5, 5.41) is 3.37. The van der Waals surface area contributed by atoms with Gasteiger partial charge in [-0.2, -0.15) is 0 Å². The average Bonchev–Trinajstić information content (AvgIpc) is 2.39. The van der Waals surface area contributed by atoms with Crippen LogP contribution in [0.15, 0.2) is 48.5 Å². The van der Waals surface area contributed by atoms with Crippen molar-refractivity contribution in [2.24, 2.45) is 0 Å². The number of halogens is 1. The molecule has 2 aromatic rings. The van der Waals surface area contributed by atoms with Crippen LogP contribution in [0, 0.1) is 3.57 Å². The van der Waals surface area contributed by atoms with Crippen molar-refractivity contribution in [3.8, 4) is 5.75 Å². The van der Waals surface area contributed by atoms with Crippen molar-refractivity contribution in [1.82, 2.24) is 0 Å². The van der Waals surface area contributed by atoms with E-state index in [1.165, 1.54) is 9.13 Å². The van der Waals surface area contributed by atoms with E-state index in [1.807, 2.05) is 24.3 Å². The molecule has 0 bridgehead atoms. The number of nitrogens with one attached hydrogen (secondary N) is 1. The summed E-state index contributed by atoms with van der Waals surface area (Å²) < 4.78 is 6.38. The average molecular weight is 339 g/mol. The van der Waals surface area contributed by atoms with E-state index in [-0.39, 0.29) is 0 Å². The monoisotopic (exact) mass is 339 g/mol. The first kappa shape index (κ1) is 12.2. The molecule has 2 aromatic carbocycles. The molecule has 0 atom stereocenters. The summed E-state index contributed by atoms with van der Waals surface area (Å²) in [7, 11) is 1.67. The van der Waals surface area contributed by atoms with Crippen LogP contribution in [0.2, 0.25) is 0 Å². The van der Waals surface area contributed by atoms with E-state index in [0.717, 1.165) is 18.0 Å². The zero-order valence-electron chi connectivity index (χ0n) is 9.61. The minimum Gasteiger partial charge on any atom is -0.497 e. The summed E-state index contributed by atoms with van der Waals surface area (Å²) in [6.45, 7) is 0.837. The molecule has 0 saturated heterocycles. The van der Waals surface area contributed by atoms with Gasteiger partial charge in [0.05, 0.1) is 7.11 Å². The van der Waals surface area contributed by atoms with Gasteiger partial charge in [0.1, 0.15) is 5.75 Å². The Balaban J connectivity index is 1.95. The molecule has 0 aromatic heterocycles. The Morgan fingerprint density at radius 2 is 1.65 bits per heavy atom. The first-order chi connectivity index (χ1) is 8.28. The number of benzene rings is 2. The predicted molar refractivity (Wildman–Crippen MR) is 79.5 cm³/mol. The Kier molecular flexibility index (Phi) is 4.25. The Bertz CT molecular complexity index is 465. The summed E-state index contributed by atoms with van der Waals surface area (Å²) in [4.78, 5) is 0. The molecule has 0 unspecified atom stereocenters. The van der Waals surface area contributed by atoms with E-state index in [1.54, 1.807) is 7.11 Å². The van der Waals surface area contributed by atoms with Crippen LogP contribution in [0.5, 0.6) is 5.75 Å². The molecule has 88 valence electrons. The van der Waals surface area contributed by atoms with Gasteiger partial charge >= 0.3 is 0 Å². The van der Waals surface area contributed by atoms with Gasteiger partial charge < -0.3 is 10.1 Å². The molecule has 0 radical (unpaired) electrons. The van der Waals surface area contributed by atoms with Crippen molar-refractivity contribution in [3.63, 3.8) is 0 Å². The summed E-state index contributed by atoms with van der Waals surface area (Å²) in [6, 6.07) is 16.5. The van der Waals surface area contributed by atoms with Crippen molar-refractivity contribution in [3.05, 3.63) is 57.7 Å². The van der Waals surface area contributed by atoms with Gasteiger partial charge in [0.15, 0.2) is 0 Å². The first-order valence-electron chi connectivity index (χ1n) is 5.40. The van der Waals surface area contributed by atoms with Crippen LogP contribution >= 0.6 is 22.6 Å². The molecule has 0 aliphatic carbocycles. The standard InChI is InChI=1S/C14H14INO/c1-17-14-8-6-13(7-9-14)16-10-11-2-4-12(15)5-3-11/h2-9,16H,10H2,1H3. The summed E-state index contributed by atoms with van der Waals surface area (Å²) >= 11 is 2.31. The lowest BCUT2D eigenvalue weighted by atomic mass is 10.2. The van der Waals surface area contributed by atoms with Crippen LogP contribution < -0.4 is 10.1 Å². The van der Waals surface area contributed by atoms with E-state index in [0.29, 0.717) is 0 Å². The maximum absolute atomic E-state index is 5.12. The predicted octanol–water partition coefficient (Wildman–Crippen LogP) is 3.91. The zero-order chi connectivity index (χ0) is 12.1. The molecule has 2 nitrogen and oxygen atoms in total. The van der Waals surface area contributed by atoms with Crippen LogP contribution in [0.4, 0.5) is 5.69 Å². The third-order valence-electron chi connectivity index (χ3n) is 2.50. The van der Waals surface area contributed by atoms with E-state index < -0.39 is 0 Å². The minimum atomic E-state index is 0.837.